The molecule has 3 heterocycles. The van der Waals surface area contributed by atoms with Crippen LogP contribution in [0.4, 0.5) is 10.2 Å². The van der Waals surface area contributed by atoms with Crippen molar-refractivity contribution < 1.29 is 9.18 Å². The van der Waals surface area contributed by atoms with E-state index in [-0.39, 0.29) is 12.3 Å². The highest BCUT2D eigenvalue weighted by Gasteiger charge is 2.24. The highest BCUT2D eigenvalue weighted by atomic mass is 31.0. The van der Waals surface area contributed by atoms with Crippen molar-refractivity contribution in [2.24, 2.45) is 0 Å². The molecule has 0 saturated carbocycles. The number of benzene rings is 1. The van der Waals surface area contributed by atoms with Gasteiger partial charge in [0.15, 0.2) is 5.65 Å². The summed E-state index contributed by atoms with van der Waals surface area (Å²) in [7, 11) is 2.21. The van der Waals surface area contributed by atoms with Gasteiger partial charge in [-0.05, 0) is 37.1 Å². The van der Waals surface area contributed by atoms with E-state index in [0.29, 0.717) is 37.4 Å². The minimum atomic E-state index is -1.51. The molecule has 3 aromatic rings. The predicted octanol–water partition coefficient (Wildman–Crippen LogP) is 2.34. The lowest BCUT2D eigenvalue weighted by molar-refractivity contribution is -0.130. The Bertz CT molecular complexity index is 1040. The first-order valence-corrected chi connectivity index (χ1v) is 10.2. The first-order chi connectivity index (χ1) is 13.8. The van der Waals surface area contributed by atoms with Gasteiger partial charge in [-0.25, -0.2) is 4.39 Å². The second-order valence-electron chi connectivity index (χ2n) is 7.65. The van der Waals surface area contributed by atoms with Crippen LogP contribution in [0.1, 0.15) is 23.6 Å². The van der Waals surface area contributed by atoms with E-state index in [2.05, 4.69) is 29.4 Å². The Balaban J connectivity index is 1.39. The number of carbonyl (C=O) groups excluding carboxylic acids is 1. The summed E-state index contributed by atoms with van der Waals surface area (Å²) in [6, 6.07) is 9.36. The molecule has 1 aliphatic heterocycles. The van der Waals surface area contributed by atoms with Crippen molar-refractivity contribution in [2.75, 3.05) is 31.1 Å². The molecule has 0 N–H and O–H groups in total. The van der Waals surface area contributed by atoms with Crippen molar-refractivity contribution in [1.82, 2.24) is 24.7 Å². The van der Waals surface area contributed by atoms with E-state index in [1.54, 1.807) is 16.9 Å². The first-order valence-electron chi connectivity index (χ1n) is 9.58. The zero-order valence-electron chi connectivity index (χ0n) is 16.5. The molecule has 152 valence electrons. The highest BCUT2D eigenvalue weighted by molar-refractivity contribution is 7.18. The fourth-order valence-electron chi connectivity index (χ4n) is 3.61. The van der Waals surface area contributed by atoms with Crippen molar-refractivity contribution in [3.05, 3.63) is 53.3 Å². The van der Waals surface area contributed by atoms with Gasteiger partial charge < -0.3 is 9.80 Å². The summed E-state index contributed by atoms with van der Waals surface area (Å²) < 4.78 is 15.9. The summed E-state index contributed by atoms with van der Waals surface area (Å²) in [5.41, 5.74) is 3.08. The van der Waals surface area contributed by atoms with Crippen molar-refractivity contribution in [2.45, 2.75) is 25.7 Å². The minimum Gasteiger partial charge on any atom is -0.352 e. The highest BCUT2D eigenvalue weighted by Crippen LogP contribution is 2.33. The Kier molecular flexibility index (Phi) is 5.21. The van der Waals surface area contributed by atoms with Crippen LogP contribution in [0.3, 0.4) is 0 Å². The number of piperazine rings is 1. The Morgan fingerprint density at radius 2 is 1.97 bits per heavy atom. The van der Waals surface area contributed by atoms with Crippen LogP contribution >= 0.6 is 9.24 Å². The SMILES string of the molecule is Cc1cc(CC(=O)N2CCN(c3ccc4nncn4n3)CC2)cc(C(C)(F)P)c1. The molecule has 2 atom stereocenters. The van der Waals surface area contributed by atoms with Crippen LogP contribution in [0.25, 0.3) is 5.65 Å². The summed E-state index contributed by atoms with van der Waals surface area (Å²) >= 11 is 0. The maximum Gasteiger partial charge on any atom is 0.227 e. The molecule has 2 aromatic heterocycles. The number of alkyl halides is 1. The average Bonchev–Trinajstić information content (AvgIpc) is 3.15. The van der Waals surface area contributed by atoms with Gasteiger partial charge in [0, 0.05) is 26.2 Å². The zero-order valence-corrected chi connectivity index (χ0v) is 17.7. The van der Waals surface area contributed by atoms with E-state index in [1.165, 1.54) is 6.92 Å². The van der Waals surface area contributed by atoms with Gasteiger partial charge in [0.2, 0.25) is 5.91 Å². The van der Waals surface area contributed by atoms with Crippen LogP contribution in [0.15, 0.2) is 36.7 Å². The zero-order chi connectivity index (χ0) is 20.6. The molecule has 29 heavy (non-hydrogen) atoms. The van der Waals surface area contributed by atoms with E-state index < -0.39 is 5.41 Å². The molecule has 1 fully saturated rings. The first kappa shape index (κ1) is 19.7. The average molecular weight is 414 g/mol. The van der Waals surface area contributed by atoms with Gasteiger partial charge in [-0.3, -0.25) is 4.79 Å². The van der Waals surface area contributed by atoms with Gasteiger partial charge in [-0.15, -0.1) is 15.3 Å². The molecule has 0 aliphatic carbocycles. The monoisotopic (exact) mass is 414 g/mol. The predicted molar refractivity (Wildman–Crippen MR) is 113 cm³/mol. The number of carbonyl (C=O) groups is 1. The second kappa shape index (κ2) is 7.67. The van der Waals surface area contributed by atoms with Crippen molar-refractivity contribution in [1.29, 1.82) is 0 Å². The second-order valence-corrected chi connectivity index (χ2v) is 8.74. The standard InChI is InChI=1S/C20H24FN6OP/c1-14-9-15(11-16(10-14)20(2,21)29)12-19(28)26-7-5-25(6-8-26)18-4-3-17-23-22-13-27(17)24-18/h3-4,9-11,13H,5-8,12,29H2,1-2H3. The third kappa shape index (κ3) is 4.37. The summed E-state index contributed by atoms with van der Waals surface area (Å²) in [4.78, 5) is 16.8. The Morgan fingerprint density at radius 3 is 2.69 bits per heavy atom. The summed E-state index contributed by atoms with van der Waals surface area (Å²) in [6.07, 6.45) is 1.85. The fourth-order valence-corrected chi connectivity index (χ4v) is 3.77. The van der Waals surface area contributed by atoms with E-state index in [0.717, 1.165) is 16.9 Å². The number of fused-ring (bicyclic) bond motifs is 1. The molecular formula is C20H24FN6OP. The van der Waals surface area contributed by atoms with Gasteiger partial charge >= 0.3 is 0 Å². The Hall–Kier alpha value is -2.60. The molecule has 9 heteroatoms. The number of amides is 1. The third-order valence-corrected chi connectivity index (χ3v) is 5.49. The summed E-state index contributed by atoms with van der Waals surface area (Å²) in [5, 5.41) is 10.8. The lowest BCUT2D eigenvalue weighted by atomic mass is 10.0. The number of nitrogens with zero attached hydrogens (tertiary/aromatic N) is 6. The number of hydrogen-bond donors (Lipinski definition) is 0. The van der Waals surface area contributed by atoms with Crippen molar-refractivity contribution >= 4 is 26.6 Å². The topological polar surface area (TPSA) is 66.6 Å². The number of aromatic nitrogens is 4. The molecule has 2 unspecified atom stereocenters. The smallest absolute Gasteiger partial charge is 0.227 e. The molecule has 0 radical (unpaired) electrons. The number of halogens is 1. The lowest BCUT2D eigenvalue weighted by Crippen LogP contribution is -2.49. The Morgan fingerprint density at radius 1 is 1.21 bits per heavy atom. The minimum absolute atomic E-state index is 0.0627. The van der Waals surface area contributed by atoms with Gasteiger partial charge in [0.1, 0.15) is 17.6 Å². The van der Waals surface area contributed by atoms with Crippen molar-refractivity contribution in [3.8, 4) is 0 Å². The van der Waals surface area contributed by atoms with Gasteiger partial charge in [-0.1, -0.05) is 33.0 Å². The molecule has 0 spiro atoms. The molecule has 4 rings (SSSR count). The van der Waals surface area contributed by atoms with Gasteiger partial charge in [0.05, 0.1) is 6.42 Å². The summed E-state index contributed by atoms with van der Waals surface area (Å²) in [5.74, 6) is 0.906. The van der Waals surface area contributed by atoms with Crippen LogP contribution < -0.4 is 4.90 Å². The van der Waals surface area contributed by atoms with E-state index in [1.807, 2.05) is 36.1 Å². The summed E-state index contributed by atoms with van der Waals surface area (Å²) in [6.45, 7) is 6.10. The van der Waals surface area contributed by atoms with Gasteiger partial charge in [0.25, 0.3) is 0 Å². The molecular weight excluding hydrogens is 390 g/mol. The fraction of sp³-hybridized carbons (Fsp3) is 0.400. The van der Waals surface area contributed by atoms with E-state index >= 15 is 0 Å². The molecule has 1 saturated heterocycles. The van der Waals surface area contributed by atoms with E-state index in [9.17, 15) is 9.18 Å². The number of anilines is 1. The lowest BCUT2D eigenvalue weighted by Gasteiger charge is -2.35. The molecule has 1 amide bonds. The van der Waals surface area contributed by atoms with Crippen LogP contribution in [0.5, 0.6) is 0 Å². The number of rotatable bonds is 4. The maximum atomic E-state index is 14.3. The quantitative estimate of drug-likeness (QED) is 0.613. The van der Waals surface area contributed by atoms with Crippen LogP contribution in [0, 0.1) is 6.92 Å². The normalized spacial score (nSPS) is 16.8. The van der Waals surface area contributed by atoms with Crippen LogP contribution in [0.2, 0.25) is 0 Å². The van der Waals surface area contributed by atoms with Crippen molar-refractivity contribution in [3.63, 3.8) is 0 Å². The van der Waals surface area contributed by atoms with Crippen LogP contribution in [-0.2, 0) is 16.6 Å². The van der Waals surface area contributed by atoms with Gasteiger partial charge in [-0.2, -0.15) is 4.52 Å². The van der Waals surface area contributed by atoms with Crippen LogP contribution in [-0.4, -0.2) is 56.8 Å². The molecule has 1 aromatic carbocycles. The number of aryl methyl sites for hydroxylation is 1. The maximum absolute atomic E-state index is 14.3. The number of hydrogen-bond acceptors (Lipinski definition) is 5. The Labute approximate surface area is 171 Å². The third-order valence-electron chi connectivity index (χ3n) is 5.16. The molecule has 1 aliphatic rings. The molecule has 7 nitrogen and oxygen atoms in total. The van der Waals surface area contributed by atoms with E-state index in [4.69, 9.17) is 0 Å². The largest absolute Gasteiger partial charge is 0.352 e. The molecule has 0 bridgehead atoms.